The minimum absolute atomic E-state index is 0.100. The van der Waals surface area contributed by atoms with Crippen molar-refractivity contribution in [3.05, 3.63) is 82.0 Å². The highest BCUT2D eigenvalue weighted by Crippen LogP contribution is 2.34. The molecule has 0 aliphatic rings. The summed E-state index contributed by atoms with van der Waals surface area (Å²) >= 11 is 1.15. The number of hydrogen-bond donors (Lipinski definition) is 1. The van der Waals surface area contributed by atoms with E-state index in [0.29, 0.717) is 10.7 Å². The number of aromatic hydroxyl groups is 1. The number of ether oxygens (including phenoxy) is 1. The molecule has 0 spiro atoms. The van der Waals surface area contributed by atoms with Gasteiger partial charge in [0, 0.05) is 11.0 Å². The van der Waals surface area contributed by atoms with Crippen molar-refractivity contribution in [3.8, 4) is 5.75 Å². The van der Waals surface area contributed by atoms with Crippen molar-refractivity contribution < 1.29 is 27.9 Å². The Morgan fingerprint density at radius 1 is 1.29 bits per heavy atom. The van der Waals surface area contributed by atoms with Crippen LogP contribution in [0.1, 0.15) is 29.6 Å². The van der Waals surface area contributed by atoms with Crippen LogP contribution in [0, 0.1) is 5.82 Å². The number of furan rings is 1. The number of thioether (sulfide) groups is 1. The normalized spacial score (nSPS) is 11.9. The van der Waals surface area contributed by atoms with E-state index in [1.165, 1.54) is 19.4 Å². The molecule has 146 valence electrons. The molecule has 2 aromatic heterocycles. The maximum Gasteiger partial charge on any atom is 0.306 e. The number of rotatable bonds is 7. The van der Waals surface area contributed by atoms with Crippen molar-refractivity contribution in [2.45, 2.75) is 23.0 Å². The molecule has 1 atom stereocenters. The number of hydrogen-bond acceptors (Lipinski definition) is 7. The Labute approximate surface area is 163 Å². The van der Waals surface area contributed by atoms with Crippen LogP contribution in [0.15, 0.2) is 67.3 Å². The Morgan fingerprint density at radius 3 is 2.75 bits per heavy atom. The Bertz CT molecular complexity index is 1010. The Balaban J connectivity index is 1.94. The van der Waals surface area contributed by atoms with Gasteiger partial charge in [0.05, 0.1) is 31.5 Å². The van der Waals surface area contributed by atoms with Gasteiger partial charge in [0.2, 0.25) is 11.2 Å². The first-order chi connectivity index (χ1) is 13.5. The van der Waals surface area contributed by atoms with Gasteiger partial charge >= 0.3 is 5.97 Å². The molecule has 0 bridgehead atoms. The number of methoxy groups -OCH3 is 1. The fourth-order valence-electron chi connectivity index (χ4n) is 2.64. The van der Waals surface area contributed by atoms with E-state index >= 15 is 0 Å². The molecule has 0 unspecified atom stereocenters. The zero-order chi connectivity index (χ0) is 20.1. The second-order valence-corrected chi connectivity index (χ2v) is 6.87. The molecule has 8 heteroatoms. The number of carbonyl (C=O) groups excluding carboxylic acids is 1. The molecule has 28 heavy (non-hydrogen) atoms. The summed E-state index contributed by atoms with van der Waals surface area (Å²) in [6.45, 7) is 0. The lowest BCUT2D eigenvalue weighted by atomic mass is 9.98. The zero-order valence-corrected chi connectivity index (χ0v) is 15.7. The van der Waals surface area contributed by atoms with Crippen molar-refractivity contribution in [1.29, 1.82) is 0 Å². The molecule has 0 radical (unpaired) electrons. The molecule has 3 aromatic rings. The Morgan fingerprint density at radius 2 is 2.07 bits per heavy atom. The van der Waals surface area contributed by atoms with Gasteiger partial charge < -0.3 is 18.7 Å². The van der Waals surface area contributed by atoms with Crippen molar-refractivity contribution in [2.24, 2.45) is 0 Å². The summed E-state index contributed by atoms with van der Waals surface area (Å²) in [7, 11) is 1.24. The minimum Gasteiger partial charge on any atom is -0.502 e. The smallest absolute Gasteiger partial charge is 0.306 e. The third kappa shape index (κ3) is 4.45. The molecule has 0 aliphatic carbocycles. The molecule has 0 amide bonds. The maximum atomic E-state index is 13.8. The summed E-state index contributed by atoms with van der Waals surface area (Å²) in [5, 5.41) is 10.2. The first-order valence-electron chi connectivity index (χ1n) is 8.33. The van der Waals surface area contributed by atoms with Crippen LogP contribution in [-0.2, 0) is 15.3 Å². The monoisotopic (exact) mass is 404 g/mol. The predicted molar refractivity (Wildman–Crippen MR) is 99.8 cm³/mol. The van der Waals surface area contributed by atoms with Crippen LogP contribution in [0.25, 0.3) is 0 Å². The molecule has 1 N–H and O–H groups in total. The van der Waals surface area contributed by atoms with Crippen LogP contribution >= 0.6 is 11.8 Å². The van der Waals surface area contributed by atoms with E-state index in [1.54, 1.807) is 30.3 Å². The molecule has 6 nitrogen and oxygen atoms in total. The van der Waals surface area contributed by atoms with E-state index in [9.17, 15) is 19.1 Å². The van der Waals surface area contributed by atoms with Crippen LogP contribution < -0.4 is 5.43 Å². The summed E-state index contributed by atoms with van der Waals surface area (Å²) in [5.41, 5.74) is -0.660. The van der Waals surface area contributed by atoms with Crippen LogP contribution in [0.4, 0.5) is 4.39 Å². The number of halogens is 1. The van der Waals surface area contributed by atoms with Gasteiger partial charge in [0.1, 0.15) is 17.3 Å². The van der Waals surface area contributed by atoms with E-state index < -0.39 is 23.1 Å². The average Bonchev–Trinajstić information content (AvgIpc) is 3.22. The lowest BCUT2D eigenvalue weighted by Gasteiger charge is -2.15. The molecular formula is C20H17FO6S. The van der Waals surface area contributed by atoms with E-state index in [2.05, 4.69) is 0 Å². The molecule has 0 saturated carbocycles. The zero-order valence-electron chi connectivity index (χ0n) is 14.9. The summed E-state index contributed by atoms with van der Waals surface area (Å²) < 4.78 is 29.5. The van der Waals surface area contributed by atoms with E-state index in [1.807, 2.05) is 0 Å². The first kappa shape index (κ1) is 19.8. The van der Waals surface area contributed by atoms with Gasteiger partial charge in [0.15, 0.2) is 5.76 Å². The fraction of sp³-hybridized carbons (Fsp3) is 0.200. The minimum atomic E-state index is -0.839. The Kier molecular flexibility index (Phi) is 6.20. The molecule has 0 fully saturated rings. The molecule has 3 rings (SSSR count). The van der Waals surface area contributed by atoms with Gasteiger partial charge in [0.25, 0.3) is 0 Å². The van der Waals surface area contributed by atoms with Gasteiger partial charge in [-0.15, -0.1) is 11.8 Å². The summed E-state index contributed by atoms with van der Waals surface area (Å²) in [4.78, 5) is 24.4. The van der Waals surface area contributed by atoms with Gasteiger partial charge in [-0.2, -0.15) is 0 Å². The number of esters is 1. The fourth-order valence-corrected chi connectivity index (χ4v) is 3.46. The lowest BCUT2D eigenvalue weighted by Crippen LogP contribution is -2.13. The van der Waals surface area contributed by atoms with Gasteiger partial charge in [-0.3, -0.25) is 9.59 Å². The topological polar surface area (TPSA) is 89.9 Å². The second-order valence-electron chi connectivity index (χ2n) is 5.86. The number of carbonyl (C=O) groups is 1. The summed E-state index contributed by atoms with van der Waals surface area (Å²) in [5.74, 6) is -1.76. The standard InChI is InChI=1S/C20H17FO6S/c1-25-18(23)10-13(16-6-4-8-26-16)20-19(24)15(22)9-12(27-20)11-28-17-7-3-2-5-14(17)21/h2-9,13,24H,10-11H2,1H3/t13-/m0/s1. The third-order valence-electron chi connectivity index (χ3n) is 4.01. The van der Waals surface area contributed by atoms with Crippen LogP contribution in [0.3, 0.4) is 0 Å². The maximum absolute atomic E-state index is 13.8. The molecule has 0 saturated heterocycles. The highest BCUT2D eigenvalue weighted by Gasteiger charge is 2.28. The predicted octanol–water partition coefficient (Wildman–Crippen LogP) is 4.06. The van der Waals surface area contributed by atoms with E-state index in [4.69, 9.17) is 13.6 Å². The van der Waals surface area contributed by atoms with Crippen molar-refractivity contribution in [2.75, 3.05) is 7.11 Å². The summed E-state index contributed by atoms with van der Waals surface area (Å²) in [6, 6.07) is 10.6. The molecule has 2 heterocycles. The molecule has 1 aromatic carbocycles. The van der Waals surface area contributed by atoms with Crippen LogP contribution in [0.5, 0.6) is 5.75 Å². The Hall–Kier alpha value is -3.00. The number of benzene rings is 1. The molecular weight excluding hydrogens is 387 g/mol. The van der Waals surface area contributed by atoms with E-state index in [0.717, 1.165) is 17.8 Å². The third-order valence-corrected chi connectivity index (χ3v) is 5.08. The van der Waals surface area contributed by atoms with Crippen LogP contribution in [-0.4, -0.2) is 18.2 Å². The van der Waals surface area contributed by atoms with E-state index in [-0.39, 0.29) is 29.5 Å². The van der Waals surface area contributed by atoms with Crippen molar-refractivity contribution >= 4 is 17.7 Å². The summed E-state index contributed by atoms with van der Waals surface area (Å²) in [6.07, 6.45) is 1.22. The van der Waals surface area contributed by atoms with Gasteiger partial charge in [-0.25, -0.2) is 4.39 Å². The van der Waals surface area contributed by atoms with Crippen molar-refractivity contribution in [1.82, 2.24) is 0 Å². The lowest BCUT2D eigenvalue weighted by molar-refractivity contribution is -0.141. The highest BCUT2D eigenvalue weighted by atomic mass is 32.2. The van der Waals surface area contributed by atoms with Crippen LogP contribution in [0.2, 0.25) is 0 Å². The average molecular weight is 404 g/mol. The van der Waals surface area contributed by atoms with Crippen molar-refractivity contribution in [3.63, 3.8) is 0 Å². The second kappa shape index (κ2) is 8.79. The highest BCUT2D eigenvalue weighted by molar-refractivity contribution is 7.98. The first-order valence-corrected chi connectivity index (χ1v) is 9.31. The quantitative estimate of drug-likeness (QED) is 0.469. The van der Waals surface area contributed by atoms with Gasteiger partial charge in [-0.1, -0.05) is 12.1 Å². The SMILES string of the molecule is COC(=O)C[C@@H](c1ccco1)c1oc(CSc2ccccc2F)cc(=O)c1O. The molecule has 0 aliphatic heterocycles. The van der Waals surface area contributed by atoms with Gasteiger partial charge in [-0.05, 0) is 24.3 Å². The largest absolute Gasteiger partial charge is 0.502 e.